The first-order valence-electron chi connectivity index (χ1n) is 12.5. The van der Waals surface area contributed by atoms with Crippen LogP contribution in [0, 0.1) is 20.8 Å². The summed E-state index contributed by atoms with van der Waals surface area (Å²) in [6, 6.07) is 18.3. The van der Waals surface area contributed by atoms with Gasteiger partial charge in [0.1, 0.15) is 11.5 Å². The highest BCUT2D eigenvalue weighted by Crippen LogP contribution is 2.47. The molecule has 1 aliphatic rings. The van der Waals surface area contributed by atoms with E-state index in [4.69, 9.17) is 21.7 Å². The van der Waals surface area contributed by atoms with Gasteiger partial charge >= 0.3 is 5.97 Å². The molecule has 8 nitrogen and oxygen atoms in total. The number of carboxylic acids is 1. The van der Waals surface area contributed by atoms with Crippen LogP contribution in [0.2, 0.25) is 0 Å². The van der Waals surface area contributed by atoms with Crippen LogP contribution >= 0.6 is 12.2 Å². The van der Waals surface area contributed by atoms with Crippen molar-refractivity contribution in [1.82, 2.24) is 14.9 Å². The normalized spacial score (nSPS) is 16.7. The Labute approximate surface area is 232 Å². The number of carbonyl (C=O) groups is 1. The predicted octanol–water partition coefficient (Wildman–Crippen LogP) is 5.69. The Morgan fingerprint density at radius 1 is 1.00 bits per heavy atom. The molecule has 0 aliphatic carbocycles. The molecule has 0 radical (unpaired) electrons. The standard InChI is InChI=1S/C30H30N4O4S/c1-17-9-10-20(29(35)36)15-24(17)33-18(2)14-22(19(33)3)28-27(23-8-6-7-13-31-23)32-30(39)34(28)25-16-21(37-4)11-12-26(25)38-5/h6-16,27-28H,1-5H3,(H,32,39)(H,35,36)/t27-,28+/m0/s1. The van der Waals surface area contributed by atoms with E-state index >= 15 is 0 Å². The Kier molecular flexibility index (Phi) is 7.01. The van der Waals surface area contributed by atoms with Gasteiger partial charge in [0.2, 0.25) is 0 Å². The van der Waals surface area contributed by atoms with Gasteiger partial charge in [-0.05, 0) is 86.6 Å². The Morgan fingerprint density at radius 2 is 1.79 bits per heavy atom. The van der Waals surface area contributed by atoms with Gasteiger partial charge in [-0.2, -0.15) is 0 Å². The van der Waals surface area contributed by atoms with E-state index in [-0.39, 0.29) is 17.6 Å². The van der Waals surface area contributed by atoms with Crippen molar-refractivity contribution in [2.75, 3.05) is 19.1 Å². The average molecular weight is 543 g/mol. The number of rotatable bonds is 7. The average Bonchev–Trinajstić information content (AvgIpc) is 3.43. The highest BCUT2D eigenvalue weighted by atomic mass is 32.1. The number of nitrogens with zero attached hydrogens (tertiary/aromatic N) is 3. The zero-order chi connectivity index (χ0) is 27.8. The topological polar surface area (TPSA) is 88.9 Å². The molecular formula is C30H30N4O4S. The van der Waals surface area contributed by atoms with Gasteiger partial charge in [0.05, 0.1) is 43.2 Å². The largest absolute Gasteiger partial charge is 0.497 e. The quantitative estimate of drug-likeness (QED) is 0.288. The number of methoxy groups -OCH3 is 2. The van der Waals surface area contributed by atoms with Gasteiger partial charge in [0, 0.05) is 29.3 Å². The second kappa shape index (κ2) is 10.4. The van der Waals surface area contributed by atoms with Crippen molar-refractivity contribution in [1.29, 1.82) is 0 Å². The third-order valence-corrected chi connectivity index (χ3v) is 7.54. The monoisotopic (exact) mass is 542 g/mol. The first-order chi connectivity index (χ1) is 18.7. The number of nitrogens with one attached hydrogen (secondary N) is 1. The number of aromatic carboxylic acids is 1. The summed E-state index contributed by atoms with van der Waals surface area (Å²) in [7, 11) is 3.26. The molecule has 3 heterocycles. The van der Waals surface area contributed by atoms with Crippen molar-refractivity contribution < 1.29 is 19.4 Å². The number of thiocarbonyl (C=S) groups is 1. The highest BCUT2D eigenvalue weighted by molar-refractivity contribution is 7.80. The maximum absolute atomic E-state index is 11.8. The van der Waals surface area contributed by atoms with Crippen LogP contribution in [0.3, 0.4) is 0 Å². The number of hydrogen-bond donors (Lipinski definition) is 2. The molecular weight excluding hydrogens is 512 g/mol. The number of benzene rings is 2. The van der Waals surface area contributed by atoms with Crippen LogP contribution in [0.25, 0.3) is 5.69 Å². The SMILES string of the molecule is COc1ccc(OC)c(N2C(=S)N[C@@H](c3ccccn3)[C@H]2c2cc(C)n(-c3cc(C(=O)O)ccc3C)c2C)c1. The lowest BCUT2D eigenvalue weighted by atomic mass is 9.96. The fourth-order valence-corrected chi connectivity index (χ4v) is 5.70. The molecule has 0 unspecified atom stereocenters. The Bertz CT molecular complexity index is 1570. The van der Waals surface area contributed by atoms with E-state index in [0.29, 0.717) is 16.6 Å². The van der Waals surface area contributed by atoms with Crippen LogP contribution in [-0.2, 0) is 0 Å². The fraction of sp³-hybridized carbons (Fsp3) is 0.233. The predicted molar refractivity (Wildman–Crippen MR) is 154 cm³/mol. The van der Waals surface area contributed by atoms with Gasteiger partial charge < -0.3 is 29.4 Å². The smallest absolute Gasteiger partial charge is 0.335 e. The van der Waals surface area contributed by atoms with Crippen LogP contribution in [0.1, 0.15) is 50.7 Å². The summed E-state index contributed by atoms with van der Waals surface area (Å²) in [5, 5.41) is 13.7. The van der Waals surface area contributed by atoms with Crippen LogP contribution in [-0.4, -0.2) is 40.0 Å². The molecule has 2 N–H and O–H groups in total. The van der Waals surface area contributed by atoms with E-state index in [1.54, 1.807) is 32.5 Å². The summed E-state index contributed by atoms with van der Waals surface area (Å²) in [5.74, 6) is 0.376. The van der Waals surface area contributed by atoms with Gasteiger partial charge in [-0.15, -0.1) is 0 Å². The summed E-state index contributed by atoms with van der Waals surface area (Å²) in [6.45, 7) is 6.05. The van der Waals surface area contributed by atoms with Gasteiger partial charge in [-0.1, -0.05) is 12.1 Å². The number of aromatic nitrogens is 2. The molecule has 2 aromatic heterocycles. The van der Waals surface area contributed by atoms with Crippen molar-refractivity contribution in [3.8, 4) is 17.2 Å². The summed E-state index contributed by atoms with van der Waals surface area (Å²) >= 11 is 5.93. The Morgan fingerprint density at radius 3 is 2.46 bits per heavy atom. The molecule has 4 aromatic rings. The van der Waals surface area contributed by atoms with E-state index in [0.717, 1.165) is 39.6 Å². The second-order valence-corrected chi connectivity index (χ2v) is 9.89. The molecule has 5 rings (SSSR count). The first-order valence-corrected chi connectivity index (χ1v) is 12.9. The van der Waals surface area contributed by atoms with E-state index in [9.17, 15) is 9.90 Å². The zero-order valence-electron chi connectivity index (χ0n) is 22.4. The van der Waals surface area contributed by atoms with Gasteiger partial charge in [-0.25, -0.2) is 4.79 Å². The summed E-state index contributed by atoms with van der Waals surface area (Å²) in [5.41, 5.74) is 6.63. The summed E-state index contributed by atoms with van der Waals surface area (Å²) < 4.78 is 13.4. The third-order valence-electron chi connectivity index (χ3n) is 7.23. The van der Waals surface area contributed by atoms with E-state index in [2.05, 4.69) is 25.8 Å². The van der Waals surface area contributed by atoms with E-state index in [1.807, 2.05) is 63.2 Å². The van der Waals surface area contributed by atoms with E-state index < -0.39 is 5.97 Å². The van der Waals surface area contributed by atoms with Crippen LogP contribution in [0.15, 0.2) is 66.9 Å². The zero-order valence-corrected chi connectivity index (χ0v) is 23.2. The number of anilines is 1. The summed E-state index contributed by atoms with van der Waals surface area (Å²) in [4.78, 5) is 18.5. The number of ether oxygens (including phenoxy) is 2. The van der Waals surface area contributed by atoms with Gasteiger partial charge in [0.15, 0.2) is 5.11 Å². The minimum Gasteiger partial charge on any atom is -0.497 e. The fourth-order valence-electron chi connectivity index (χ4n) is 5.36. The van der Waals surface area contributed by atoms with Gasteiger partial charge in [0.25, 0.3) is 0 Å². The molecule has 0 spiro atoms. The molecule has 1 aliphatic heterocycles. The lowest BCUT2D eigenvalue weighted by molar-refractivity contribution is 0.0697. The molecule has 1 fully saturated rings. The Balaban J connectivity index is 1.73. The molecule has 0 saturated carbocycles. The van der Waals surface area contributed by atoms with Crippen molar-refractivity contribution in [3.63, 3.8) is 0 Å². The first kappa shape index (κ1) is 26.2. The van der Waals surface area contributed by atoms with Crippen molar-refractivity contribution in [2.24, 2.45) is 0 Å². The van der Waals surface area contributed by atoms with Crippen molar-refractivity contribution in [2.45, 2.75) is 32.9 Å². The lowest BCUT2D eigenvalue weighted by Crippen LogP contribution is -2.30. The number of pyridine rings is 1. The molecule has 0 bridgehead atoms. The van der Waals surface area contributed by atoms with Crippen LogP contribution < -0.4 is 19.7 Å². The minimum absolute atomic E-state index is 0.238. The number of carboxylic acid groups (broad SMARTS) is 1. The van der Waals surface area contributed by atoms with E-state index in [1.165, 1.54) is 0 Å². The number of aryl methyl sites for hydroxylation is 2. The molecule has 1 saturated heterocycles. The summed E-state index contributed by atoms with van der Waals surface area (Å²) in [6.07, 6.45) is 1.77. The van der Waals surface area contributed by atoms with Gasteiger partial charge in [-0.3, -0.25) is 4.98 Å². The Hall–Kier alpha value is -4.37. The highest BCUT2D eigenvalue weighted by Gasteiger charge is 2.43. The second-order valence-electron chi connectivity index (χ2n) is 9.50. The number of hydrogen-bond acceptors (Lipinski definition) is 5. The lowest BCUT2D eigenvalue weighted by Gasteiger charge is -2.29. The van der Waals surface area contributed by atoms with Crippen LogP contribution in [0.4, 0.5) is 5.69 Å². The maximum atomic E-state index is 11.8. The van der Waals surface area contributed by atoms with Crippen molar-refractivity contribution >= 4 is 29.0 Å². The molecule has 39 heavy (non-hydrogen) atoms. The molecule has 2 aromatic carbocycles. The molecule has 9 heteroatoms. The molecule has 0 amide bonds. The molecule has 200 valence electrons. The minimum atomic E-state index is -0.962. The third kappa shape index (κ3) is 4.59. The van der Waals surface area contributed by atoms with Crippen LogP contribution in [0.5, 0.6) is 11.5 Å². The molecule has 2 atom stereocenters. The maximum Gasteiger partial charge on any atom is 0.335 e. The van der Waals surface area contributed by atoms with Crippen molar-refractivity contribution in [3.05, 3.63) is 101 Å².